The van der Waals surface area contributed by atoms with Gasteiger partial charge in [0.05, 0.1) is 5.41 Å². The van der Waals surface area contributed by atoms with Gasteiger partial charge in [-0.05, 0) is 80.0 Å². The average molecular weight is 419 g/mol. The lowest BCUT2D eigenvalue weighted by atomic mass is 9.78. The normalized spacial score (nSPS) is 14.7. The minimum atomic E-state index is -0.637. The molecule has 0 amide bonds. The van der Waals surface area contributed by atoms with Gasteiger partial charge in [-0.25, -0.2) is 0 Å². The van der Waals surface area contributed by atoms with Gasteiger partial charge in [0.2, 0.25) is 0 Å². The van der Waals surface area contributed by atoms with Crippen LogP contribution in [0.2, 0.25) is 0 Å². The summed E-state index contributed by atoms with van der Waals surface area (Å²) in [6, 6.07) is 21.7. The van der Waals surface area contributed by atoms with E-state index < -0.39 is 11.0 Å². The van der Waals surface area contributed by atoms with E-state index in [0.29, 0.717) is 12.8 Å². The maximum Gasteiger partial charge on any atom is 0.312 e. The Labute approximate surface area is 186 Å². The van der Waals surface area contributed by atoms with Crippen LogP contribution >= 0.6 is 0 Å². The number of rotatable bonds is 8. The number of aromatic hydroxyl groups is 1. The molecule has 2 unspecified atom stereocenters. The lowest BCUT2D eigenvalue weighted by Gasteiger charge is -2.35. The van der Waals surface area contributed by atoms with Gasteiger partial charge < -0.3 is 9.84 Å². The first-order valence-electron chi connectivity index (χ1n) is 11.2. The fourth-order valence-corrected chi connectivity index (χ4v) is 4.17. The van der Waals surface area contributed by atoms with Crippen LogP contribution in [0.25, 0.3) is 10.8 Å². The molecular weight excluding hydrogens is 384 g/mol. The van der Waals surface area contributed by atoms with Gasteiger partial charge in [0, 0.05) is 0 Å². The molecule has 0 aliphatic rings. The Balaban J connectivity index is 1.80. The van der Waals surface area contributed by atoms with Crippen molar-refractivity contribution in [2.75, 3.05) is 0 Å². The second kappa shape index (κ2) is 9.13. The molecule has 0 saturated carbocycles. The molecule has 0 bridgehead atoms. The van der Waals surface area contributed by atoms with Crippen molar-refractivity contribution >= 4 is 16.7 Å². The Morgan fingerprint density at radius 2 is 1.58 bits per heavy atom. The number of fused-ring (bicyclic) bond motifs is 1. The monoisotopic (exact) mass is 418 g/mol. The molecule has 0 aliphatic carbocycles. The van der Waals surface area contributed by atoms with Gasteiger partial charge in [-0.1, -0.05) is 68.4 Å². The van der Waals surface area contributed by atoms with E-state index >= 15 is 0 Å². The summed E-state index contributed by atoms with van der Waals surface area (Å²) in [7, 11) is 0. The molecule has 3 rings (SSSR count). The molecular formula is C28H34O3. The molecule has 3 aromatic rings. The number of carbonyl (C=O) groups is 1. The molecule has 2 atom stereocenters. The summed E-state index contributed by atoms with van der Waals surface area (Å²) in [5, 5.41) is 11.8. The molecule has 1 N–H and O–H groups in total. The minimum Gasteiger partial charge on any atom is -0.508 e. The number of phenols is 1. The van der Waals surface area contributed by atoms with Gasteiger partial charge in [0.25, 0.3) is 0 Å². The van der Waals surface area contributed by atoms with Gasteiger partial charge in [0.15, 0.2) is 0 Å². The fourth-order valence-electron chi connectivity index (χ4n) is 4.17. The highest BCUT2D eigenvalue weighted by molar-refractivity contribution is 5.84. The third-order valence-corrected chi connectivity index (χ3v) is 6.50. The molecule has 164 valence electrons. The van der Waals surface area contributed by atoms with Crippen molar-refractivity contribution < 1.29 is 14.6 Å². The molecule has 0 spiro atoms. The number of hydrogen-bond acceptors (Lipinski definition) is 3. The second-order valence-corrected chi connectivity index (χ2v) is 9.32. The van der Waals surface area contributed by atoms with Gasteiger partial charge in [-0.3, -0.25) is 4.79 Å². The molecule has 31 heavy (non-hydrogen) atoms. The summed E-state index contributed by atoms with van der Waals surface area (Å²) in [5.74, 6) is 0.351. The van der Waals surface area contributed by atoms with Gasteiger partial charge in [-0.15, -0.1) is 0 Å². The van der Waals surface area contributed by atoms with Crippen molar-refractivity contribution in [3.05, 3.63) is 77.9 Å². The van der Waals surface area contributed by atoms with E-state index in [9.17, 15) is 9.90 Å². The lowest BCUT2D eigenvalue weighted by molar-refractivity contribution is -0.171. The predicted octanol–water partition coefficient (Wildman–Crippen LogP) is 7.32. The number of benzene rings is 3. The summed E-state index contributed by atoms with van der Waals surface area (Å²) in [6.45, 7) is 10.2. The van der Waals surface area contributed by atoms with Crippen LogP contribution in [0.4, 0.5) is 0 Å². The third-order valence-electron chi connectivity index (χ3n) is 6.50. The summed E-state index contributed by atoms with van der Waals surface area (Å²) >= 11 is 0. The molecule has 0 saturated heterocycles. The number of phenolic OH excluding ortho intramolecular Hbond substituents is 1. The number of esters is 1. The Kier molecular flexibility index (Phi) is 6.74. The molecule has 3 aromatic carbocycles. The van der Waals surface area contributed by atoms with Gasteiger partial charge in [-0.2, -0.15) is 0 Å². The maximum atomic E-state index is 13.3. The van der Waals surface area contributed by atoms with E-state index in [1.807, 2.05) is 63.2 Å². The van der Waals surface area contributed by atoms with Crippen molar-refractivity contribution in [1.82, 2.24) is 0 Å². The largest absolute Gasteiger partial charge is 0.508 e. The molecule has 0 heterocycles. The van der Waals surface area contributed by atoms with Gasteiger partial charge >= 0.3 is 5.97 Å². The zero-order valence-electron chi connectivity index (χ0n) is 19.3. The number of hydrogen-bond donors (Lipinski definition) is 1. The topological polar surface area (TPSA) is 46.5 Å². The van der Waals surface area contributed by atoms with Crippen LogP contribution in [0.5, 0.6) is 5.75 Å². The number of ether oxygens (including phenoxy) is 1. The van der Waals surface area contributed by atoms with Crippen LogP contribution in [0.1, 0.15) is 70.9 Å². The molecule has 0 radical (unpaired) electrons. The van der Waals surface area contributed by atoms with Crippen molar-refractivity contribution in [3.8, 4) is 5.75 Å². The van der Waals surface area contributed by atoms with E-state index in [1.165, 1.54) is 5.56 Å². The van der Waals surface area contributed by atoms with Crippen molar-refractivity contribution in [2.45, 2.75) is 65.4 Å². The lowest BCUT2D eigenvalue weighted by Crippen LogP contribution is -2.36. The quantitative estimate of drug-likeness (QED) is 0.390. The fraction of sp³-hybridized carbons (Fsp3) is 0.393. The summed E-state index contributed by atoms with van der Waals surface area (Å²) in [5.41, 5.74) is 0.979. The van der Waals surface area contributed by atoms with Crippen LogP contribution in [0, 0.1) is 5.41 Å². The van der Waals surface area contributed by atoms with Crippen molar-refractivity contribution in [1.29, 1.82) is 0 Å². The Morgan fingerprint density at radius 1 is 0.935 bits per heavy atom. The highest BCUT2D eigenvalue weighted by Crippen LogP contribution is 2.39. The first kappa shape index (κ1) is 22.9. The van der Waals surface area contributed by atoms with Gasteiger partial charge in [0.1, 0.15) is 11.4 Å². The third kappa shape index (κ3) is 5.10. The van der Waals surface area contributed by atoms with Crippen LogP contribution in [-0.2, 0) is 15.1 Å². The molecule has 0 aromatic heterocycles. The first-order chi connectivity index (χ1) is 14.7. The Morgan fingerprint density at radius 3 is 2.23 bits per heavy atom. The van der Waals surface area contributed by atoms with Crippen molar-refractivity contribution in [2.24, 2.45) is 5.41 Å². The Hall–Kier alpha value is -2.81. The van der Waals surface area contributed by atoms with E-state index in [4.69, 9.17) is 4.74 Å². The molecule has 3 heteroatoms. The van der Waals surface area contributed by atoms with Crippen molar-refractivity contribution in [3.63, 3.8) is 0 Å². The smallest absolute Gasteiger partial charge is 0.312 e. The highest BCUT2D eigenvalue weighted by atomic mass is 16.6. The summed E-state index contributed by atoms with van der Waals surface area (Å²) < 4.78 is 6.14. The molecule has 0 fully saturated rings. The van der Waals surface area contributed by atoms with Crippen LogP contribution in [0.3, 0.4) is 0 Å². The van der Waals surface area contributed by atoms with Crippen LogP contribution < -0.4 is 0 Å². The van der Waals surface area contributed by atoms with Crippen LogP contribution in [0.15, 0.2) is 66.7 Å². The maximum absolute atomic E-state index is 13.3. The zero-order valence-corrected chi connectivity index (χ0v) is 19.3. The SMILES string of the molecule is CCC(CC(C)(C)C(=O)OC(C)(CC)c1ccccc1)c1ccc2cc(O)ccc2c1. The van der Waals surface area contributed by atoms with E-state index in [-0.39, 0.29) is 17.6 Å². The standard InChI is InChI=1S/C28H34O3/c1-6-20(21-13-14-23-18-25(29)16-15-22(23)17-21)19-27(3,4)26(30)31-28(5,7-2)24-11-9-8-10-12-24/h8-18,20,29H,6-7,19H2,1-5H3. The highest BCUT2D eigenvalue weighted by Gasteiger charge is 2.38. The first-order valence-corrected chi connectivity index (χ1v) is 11.2. The summed E-state index contributed by atoms with van der Waals surface area (Å²) in [4.78, 5) is 13.3. The van der Waals surface area contributed by atoms with Crippen LogP contribution in [-0.4, -0.2) is 11.1 Å². The van der Waals surface area contributed by atoms with E-state index in [2.05, 4.69) is 26.0 Å². The average Bonchev–Trinajstić information content (AvgIpc) is 2.77. The molecule has 0 aliphatic heterocycles. The molecule has 3 nitrogen and oxygen atoms in total. The summed E-state index contributed by atoms with van der Waals surface area (Å²) in [6.07, 6.45) is 2.36. The number of carbonyl (C=O) groups excluding carboxylic acids is 1. The van der Waals surface area contributed by atoms with E-state index in [1.54, 1.807) is 12.1 Å². The zero-order chi connectivity index (χ0) is 22.6. The van der Waals surface area contributed by atoms with E-state index in [0.717, 1.165) is 22.8 Å². The predicted molar refractivity (Wildman–Crippen MR) is 127 cm³/mol. The Bertz CT molecular complexity index is 1040. The second-order valence-electron chi connectivity index (χ2n) is 9.32. The minimum absolute atomic E-state index is 0.162.